The van der Waals surface area contributed by atoms with Gasteiger partial charge in [-0.15, -0.1) is 0 Å². The Labute approximate surface area is 151 Å². The number of fused-ring (bicyclic) bond motifs is 1. The van der Waals surface area contributed by atoms with Crippen LogP contribution < -0.4 is 0 Å². The van der Waals surface area contributed by atoms with Gasteiger partial charge in [-0.1, -0.05) is 80.6 Å². The van der Waals surface area contributed by atoms with E-state index in [1.54, 1.807) is 0 Å². The molecule has 0 nitrogen and oxygen atoms in total. The zero-order valence-electron chi connectivity index (χ0n) is 12.7. The van der Waals surface area contributed by atoms with Gasteiger partial charge in [-0.2, -0.15) is 0 Å². The molecule has 0 aromatic heterocycles. The minimum absolute atomic E-state index is 0.571. The molecule has 0 atom stereocenters. The quantitative estimate of drug-likeness (QED) is 0.430. The van der Waals surface area contributed by atoms with E-state index in [0.717, 1.165) is 0 Å². The third-order valence-electron chi connectivity index (χ3n) is 3.64. The first-order valence-electron chi connectivity index (χ1n) is 7.21. The van der Waals surface area contributed by atoms with Gasteiger partial charge in [0.1, 0.15) is 0 Å². The van der Waals surface area contributed by atoms with Gasteiger partial charge in [-0.25, -0.2) is 0 Å². The molecular formula is C19H18Cl2Zr. The van der Waals surface area contributed by atoms with Crippen LogP contribution in [0.25, 0.3) is 22.3 Å². The Morgan fingerprint density at radius 3 is 1.91 bits per heavy atom. The fourth-order valence-electron chi connectivity index (χ4n) is 2.52. The SMILES string of the molecule is CC(C)c1cc2ccccc(-c3ccccc3)c-2c1.[Cl][Zr][Cl]. The molecule has 0 bridgehead atoms. The van der Waals surface area contributed by atoms with E-state index in [1.165, 1.54) is 27.8 Å². The van der Waals surface area contributed by atoms with Crippen LogP contribution in [0.1, 0.15) is 25.3 Å². The number of rotatable bonds is 2. The van der Waals surface area contributed by atoms with Crippen LogP contribution in [0, 0.1) is 0 Å². The summed E-state index contributed by atoms with van der Waals surface area (Å²) in [5.41, 5.74) is 6.68. The summed E-state index contributed by atoms with van der Waals surface area (Å²) < 4.78 is 0. The van der Waals surface area contributed by atoms with Gasteiger partial charge in [-0.05, 0) is 33.7 Å². The number of hydrogen-bond acceptors (Lipinski definition) is 0. The van der Waals surface area contributed by atoms with Crippen molar-refractivity contribution in [3.63, 3.8) is 0 Å². The van der Waals surface area contributed by atoms with Crippen molar-refractivity contribution < 1.29 is 20.8 Å². The van der Waals surface area contributed by atoms with Crippen molar-refractivity contribution in [1.82, 2.24) is 0 Å². The van der Waals surface area contributed by atoms with Crippen molar-refractivity contribution in [3.8, 4) is 22.3 Å². The number of hydrogen-bond donors (Lipinski definition) is 0. The summed E-state index contributed by atoms with van der Waals surface area (Å²) in [5.74, 6) is 0.571. The first-order chi connectivity index (χ1) is 10.7. The van der Waals surface area contributed by atoms with E-state index in [-0.39, 0.29) is 0 Å². The van der Waals surface area contributed by atoms with E-state index in [0.29, 0.717) is 5.92 Å². The summed E-state index contributed by atoms with van der Waals surface area (Å²) in [6.07, 6.45) is 0. The monoisotopic (exact) mass is 406 g/mol. The van der Waals surface area contributed by atoms with Crippen LogP contribution in [0.15, 0.2) is 66.7 Å². The molecule has 3 heteroatoms. The van der Waals surface area contributed by atoms with Gasteiger partial charge in [0.15, 0.2) is 0 Å². The van der Waals surface area contributed by atoms with Crippen LogP contribution in [-0.2, 0) is 20.8 Å². The Morgan fingerprint density at radius 2 is 1.27 bits per heavy atom. The van der Waals surface area contributed by atoms with Crippen molar-refractivity contribution >= 4 is 17.0 Å². The second-order valence-electron chi connectivity index (χ2n) is 5.38. The van der Waals surface area contributed by atoms with Gasteiger partial charge in [-0.3, -0.25) is 0 Å². The van der Waals surface area contributed by atoms with Crippen molar-refractivity contribution in [3.05, 3.63) is 72.3 Å². The van der Waals surface area contributed by atoms with Crippen molar-refractivity contribution in [2.75, 3.05) is 0 Å². The molecule has 1 aromatic carbocycles. The second-order valence-corrected chi connectivity index (χ2v) is 9.11. The summed E-state index contributed by atoms with van der Waals surface area (Å²) in [5, 5.41) is 0. The Morgan fingerprint density at radius 1 is 0.727 bits per heavy atom. The Bertz CT molecular complexity index is 680. The molecule has 0 aliphatic heterocycles. The van der Waals surface area contributed by atoms with Gasteiger partial charge in [0.05, 0.1) is 0 Å². The molecule has 112 valence electrons. The molecule has 0 N–H and O–H groups in total. The first kappa shape index (κ1) is 17.7. The van der Waals surface area contributed by atoms with Crippen LogP contribution in [-0.4, -0.2) is 0 Å². The van der Waals surface area contributed by atoms with E-state index in [1.807, 2.05) is 0 Å². The van der Waals surface area contributed by atoms with Crippen LogP contribution in [0.5, 0.6) is 0 Å². The number of benzene rings is 1. The Hall–Kier alpha value is -0.617. The zero-order valence-corrected chi connectivity index (χ0v) is 16.7. The Balaban J connectivity index is 0.000000545. The second kappa shape index (κ2) is 8.87. The summed E-state index contributed by atoms with van der Waals surface area (Å²) in [4.78, 5) is 0. The molecule has 22 heavy (non-hydrogen) atoms. The van der Waals surface area contributed by atoms with E-state index in [9.17, 15) is 0 Å². The van der Waals surface area contributed by atoms with Gasteiger partial charge >= 0.3 is 37.9 Å². The molecular weight excluding hydrogens is 390 g/mol. The van der Waals surface area contributed by atoms with Crippen LogP contribution in [0.2, 0.25) is 0 Å². The van der Waals surface area contributed by atoms with Gasteiger partial charge < -0.3 is 0 Å². The molecule has 0 amide bonds. The standard InChI is InChI=1S/C19H18.2ClH.Zr/c1-14(2)17-12-16-10-6-7-11-18(19(16)13-17)15-8-4-3-5-9-15;;;/h3-14H,1-2H3;2*1H;/q;;;+2/p-2. The van der Waals surface area contributed by atoms with Crippen LogP contribution in [0.4, 0.5) is 0 Å². The van der Waals surface area contributed by atoms with Crippen molar-refractivity contribution in [2.24, 2.45) is 0 Å². The molecule has 0 saturated carbocycles. The van der Waals surface area contributed by atoms with Gasteiger partial charge in [0, 0.05) is 0 Å². The average Bonchev–Trinajstić information content (AvgIpc) is 2.84. The molecule has 0 heterocycles. The van der Waals surface area contributed by atoms with E-state index in [4.69, 9.17) is 17.0 Å². The molecule has 0 radical (unpaired) electrons. The normalized spacial score (nSPS) is 10.2. The molecule has 2 aliphatic rings. The Kier molecular flexibility index (Phi) is 7.15. The molecule has 0 fully saturated rings. The third kappa shape index (κ3) is 4.45. The predicted molar refractivity (Wildman–Crippen MR) is 94.3 cm³/mol. The fraction of sp³-hybridized carbons (Fsp3) is 0.158. The van der Waals surface area contributed by atoms with E-state index < -0.39 is 20.8 Å². The minimum atomic E-state index is -0.826. The van der Waals surface area contributed by atoms with Crippen molar-refractivity contribution in [1.29, 1.82) is 0 Å². The maximum atomic E-state index is 4.93. The molecule has 1 aromatic rings. The summed E-state index contributed by atoms with van der Waals surface area (Å²) in [6.45, 7) is 4.49. The predicted octanol–water partition coefficient (Wildman–Crippen LogP) is 6.96. The molecule has 3 rings (SSSR count). The van der Waals surface area contributed by atoms with Crippen LogP contribution >= 0.6 is 17.0 Å². The van der Waals surface area contributed by atoms with E-state index in [2.05, 4.69) is 80.6 Å². The first-order valence-corrected chi connectivity index (χ1v) is 13.5. The molecule has 0 unspecified atom stereocenters. The van der Waals surface area contributed by atoms with Crippen LogP contribution in [0.3, 0.4) is 0 Å². The summed E-state index contributed by atoms with van der Waals surface area (Å²) >= 11 is -0.826. The van der Waals surface area contributed by atoms with Gasteiger partial charge in [0.25, 0.3) is 0 Å². The molecule has 2 aliphatic carbocycles. The fourth-order valence-corrected chi connectivity index (χ4v) is 2.52. The van der Waals surface area contributed by atoms with Gasteiger partial charge in [0.2, 0.25) is 0 Å². The van der Waals surface area contributed by atoms with E-state index >= 15 is 0 Å². The molecule has 0 saturated heterocycles. The maximum absolute atomic E-state index is 4.93. The molecule has 0 spiro atoms. The average molecular weight is 408 g/mol. The third-order valence-corrected chi connectivity index (χ3v) is 3.64. The van der Waals surface area contributed by atoms with Crippen molar-refractivity contribution in [2.45, 2.75) is 19.8 Å². The number of halogens is 2. The summed E-state index contributed by atoms with van der Waals surface area (Å²) in [7, 11) is 9.87. The summed E-state index contributed by atoms with van der Waals surface area (Å²) in [6, 6.07) is 23.9. The topological polar surface area (TPSA) is 0 Å². The zero-order chi connectivity index (χ0) is 15.9.